The fourth-order valence-corrected chi connectivity index (χ4v) is 9.66. The molecule has 0 bridgehead atoms. The number of rotatable bonds is 8. The van der Waals surface area contributed by atoms with Crippen molar-refractivity contribution in [1.82, 2.24) is 0 Å². The third-order valence-corrected chi connectivity index (χ3v) is 12.8. The first-order valence-corrected chi connectivity index (χ1v) is 21.7. The average molecular weight is 804 g/mol. The molecule has 12 rings (SSSR count). The van der Waals surface area contributed by atoms with Crippen LogP contribution in [0.3, 0.4) is 0 Å². The highest BCUT2D eigenvalue weighted by Crippen LogP contribution is 2.44. The maximum absolute atomic E-state index is 6.79. The number of hydrogen-bond donors (Lipinski definition) is 0. The molecule has 1 aliphatic rings. The lowest BCUT2D eigenvalue weighted by Gasteiger charge is -2.26. The number of hydrogen-bond acceptors (Lipinski definition) is 2. The smallest absolute Gasteiger partial charge is 0.143 e. The Hall–Kier alpha value is -8.20. The van der Waals surface area contributed by atoms with Gasteiger partial charge in [-0.25, -0.2) is 0 Å². The zero-order valence-corrected chi connectivity index (χ0v) is 34.6. The average Bonchev–Trinajstić information content (AvgIpc) is 3.94. The van der Waals surface area contributed by atoms with Crippen LogP contribution in [-0.4, -0.2) is 0 Å². The van der Waals surface area contributed by atoms with Crippen molar-refractivity contribution in [3.63, 3.8) is 0 Å². The molecule has 0 saturated heterocycles. The molecule has 1 heterocycles. The Kier molecular flexibility index (Phi) is 8.93. The Labute approximate surface area is 367 Å². The summed E-state index contributed by atoms with van der Waals surface area (Å²) in [6, 6.07) is 85.3. The molecule has 0 atom stereocenters. The van der Waals surface area contributed by atoms with Gasteiger partial charge in [0, 0.05) is 39.0 Å². The van der Waals surface area contributed by atoms with Gasteiger partial charge in [0.25, 0.3) is 0 Å². The molecule has 0 unspecified atom stereocenters. The van der Waals surface area contributed by atoms with E-state index in [0.717, 1.165) is 78.8 Å². The minimum Gasteiger partial charge on any atom is -0.455 e. The SMILES string of the molecule is c1ccc(-c2ccc(N(c3ccc(-c4cccc(-c5cccc6c5oc5c(-c7ccccc7)cccc56)c4)cc3)c3ccc(-c4cccc5c4Cc4ccccc4-5)cc3)cc2)cc1. The maximum Gasteiger partial charge on any atom is 0.143 e. The molecule has 296 valence electrons. The van der Waals surface area contributed by atoms with E-state index >= 15 is 0 Å². The molecule has 2 heteroatoms. The van der Waals surface area contributed by atoms with Crippen LogP contribution in [0.5, 0.6) is 0 Å². The number of furan rings is 1. The highest BCUT2D eigenvalue weighted by Gasteiger charge is 2.22. The van der Waals surface area contributed by atoms with Crippen LogP contribution in [0, 0.1) is 0 Å². The fraction of sp³-hybridized carbons (Fsp3) is 0.0164. The van der Waals surface area contributed by atoms with Crippen LogP contribution in [0.15, 0.2) is 241 Å². The first-order chi connectivity index (χ1) is 31.2. The molecule has 2 nitrogen and oxygen atoms in total. The first-order valence-electron chi connectivity index (χ1n) is 21.7. The lowest BCUT2D eigenvalue weighted by molar-refractivity contribution is 0.671. The van der Waals surface area contributed by atoms with E-state index in [0.29, 0.717) is 0 Å². The molecule has 63 heavy (non-hydrogen) atoms. The van der Waals surface area contributed by atoms with E-state index in [2.05, 4.69) is 241 Å². The molecule has 11 aromatic rings. The molecule has 0 spiro atoms. The van der Waals surface area contributed by atoms with E-state index in [4.69, 9.17) is 4.42 Å². The van der Waals surface area contributed by atoms with E-state index in [1.165, 1.54) is 44.5 Å². The Balaban J connectivity index is 0.895. The molecule has 0 aliphatic heterocycles. The van der Waals surface area contributed by atoms with Crippen molar-refractivity contribution in [2.75, 3.05) is 4.90 Å². The number of para-hydroxylation sites is 2. The van der Waals surface area contributed by atoms with Gasteiger partial charge in [-0.05, 0) is 116 Å². The molecular weight excluding hydrogens is 763 g/mol. The predicted molar refractivity (Wildman–Crippen MR) is 264 cm³/mol. The zero-order valence-electron chi connectivity index (χ0n) is 34.6. The lowest BCUT2D eigenvalue weighted by atomic mass is 9.95. The van der Waals surface area contributed by atoms with Gasteiger partial charge in [0.05, 0.1) is 0 Å². The molecular formula is C61H41NO. The highest BCUT2D eigenvalue weighted by atomic mass is 16.3. The van der Waals surface area contributed by atoms with Crippen molar-refractivity contribution in [2.45, 2.75) is 6.42 Å². The number of benzene rings is 10. The third-order valence-electron chi connectivity index (χ3n) is 12.8. The van der Waals surface area contributed by atoms with Crippen LogP contribution in [0.1, 0.15) is 11.1 Å². The molecule has 0 radical (unpaired) electrons. The second-order valence-corrected chi connectivity index (χ2v) is 16.4. The van der Waals surface area contributed by atoms with Crippen molar-refractivity contribution in [3.8, 4) is 66.8 Å². The summed E-state index contributed by atoms with van der Waals surface area (Å²) in [6.07, 6.45) is 0.962. The molecule has 0 amide bonds. The van der Waals surface area contributed by atoms with Crippen LogP contribution in [0.4, 0.5) is 17.1 Å². The maximum atomic E-state index is 6.79. The second-order valence-electron chi connectivity index (χ2n) is 16.4. The Morgan fingerprint density at radius 1 is 0.286 bits per heavy atom. The molecule has 0 N–H and O–H groups in total. The summed E-state index contributed by atoms with van der Waals surface area (Å²) in [5, 5.41) is 2.25. The number of fused-ring (bicyclic) bond motifs is 6. The minimum absolute atomic E-state index is 0.907. The van der Waals surface area contributed by atoms with Crippen LogP contribution >= 0.6 is 0 Å². The lowest BCUT2D eigenvalue weighted by Crippen LogP contribution is -2.09. The zero-order chi connectivity index (χ0) is 41.7. The van der Waals surface area contributed by atoms with E-state index in [1.807, 2.05) is 0 Å². The summed E-state index contributed by atoms with van der Waals surface area (Å²) >= 11 is 0. The van der Waals surface area contributed by atoms with E-state index in [1.54, 1.807) is 0 Å². The van der Waals surface area contributed by atoms with Crippen molar-refractivity contribution < 1.29 is 4.42 Å². The monoisotopic (exact) mass is 803 g/mol. The topological polar surface area (TPSA) is 16.4 Å². The van der Waals surface area contributed by atoms with Gasteiger partial charge in [-0.2, -0.15) is 0 Å². The van der Waals surface area contributed by atoms with Crippen molar-refractivity contribution >= 4 is 39.0 Å². The summed E-state index contributed by atoms with van der Waals surface area (Å²) < 4.78 is 6.79. The van der Waals surface area contributed by atoms with Crippen LogP contribution < -0.4 is 4.90 Å². The van der Waals surface area contributed by atoms with Crippen LogP contribution in [0.25, 0.3) is 88.7 Å². The van der Waals surface area contributed by atoms with Crippen molar-refractivity contribution in [1.29, 1.82) is 0 Å². The summed E-state index contributed by atoms with van der Waals surface area (Å²) in [5.41, 5.74) is 22.3. The number of nitrogens with zero attached hydrogens (tertiary/aromatic N) is 1. The van der Waals surface area contributed by atoms with Gasteiger partial charge in [0.1, 0.15) is 11.2 Å². The first kappa shape index (κ1) is 36.6. The van der Waals surface area contributed by atoms with E-state index in [-0.39, 0.29) is 0 Å². The Bertz CT molecular complexity index is 3440. The molecule has 1 aromatic heterocycles. The predicted octanol–water partition coefficient (Wildman–Crippen LogP) is 17.0. The third kappa shape index (κ3) is 6.52. The van der Waals surface area contributed by atoms with Crippen molar-refractivity contribution in [3.05, 3.63) is 248 Å². The van der Waals surface area contributed by atoms with Crippen LogP contribution in [-0.2, 0) is 6.42 Å². The van der Waals surface area contributed by atoms with Gasteiger partial charge in [-0.1, -0.05) is 194 Å². The number of anilines is 3. The van der Waals surface area contributed by atoms with Gasteiger partial charge in [-0.15, -0.1) is 0 Å². The largest absolute Gasteiger partial charge is 0.455 e. The molecule has 10 aromatic carbocycles. The highest BCUT2D eigenvalue weighted by molar-refractivity contribution is 6.13. The summed E-state index contributed by atoms with van der Waals surface area (Å²) in [7, 11) is 0. The van der Waals surface area contributed by atoms with Crippen LogP contribution in [0.2, 0.25) is 0 Å². The van der Waals surface area contributed by atoms with E-state index < -0.39 is 0 Å². The Morgan fingerprint density at radius 3 is 1.35 bits per heavy atom. The Morgan fingerprint density at radius 2 is 0.698 bits per heavy atom. The van der Waals surface area contributed by atoms with Crippen molar-refractivity contribution in [2.24, 2.45) is 0 Å². The van der Waals surface area contributed by atoms with Gasteiger partial charge in [0.15, 0.2) is 0 Å². The van der Waals surface area contributed by atoms with E-state index in [9.17, 15) is 0 Å². The normalized spacial score (nSPS) is 11.7. The van der Waals surface area contributed by atoms with Gasteiger partial charge >= 0.3 is 0 Å². The van der Waals surface area contributed by atoms with Gasteiger partial charge in [0.2, 0.25) is 0 Å². The van der Waals surface area contributed by atoms with Gasteiger partial charge < -0.3 is 9.32 Å². The van der Waals surface area contributed by atoms with Gasteiger partial charge in [-0.3, -0.25) is 0 Å². The molecule has 1 aliphatic carbocycles. The minimum atomic E-state index is 0.907. The molecule has 0 fully saturated rings. The summed E-state index contributed by atoms with van der Waals surface area (Å²) in [6.45, 7) is 0. The summed E-state index contributed by atoms with van der Waals surface area (Å²) in [4.78, 5) is 2.36. The quantitative estimate of drug-likeness (QED) is 0.152. The standard InChI is InChI=1S/C61H41NO/c1-3-13-41(14-4-1)42-27-33-49(34-28-42)62(51-37-31-45(32-38-51)52-21-10-24-56-53-20-8-7-17-48(53)40-59(52)56)50-35-29-43(30-36-50)46-18-9-19-47(39-46)55-23-12-26-58-57-25-11-22-54(60(57)63-61(55)58)44-15-5-2-6-16-44/h1-39H,40H2. The second kappa shape index (κ2) is 15.4. The molecule has 0 saturated carbocycles. The fourth-order valence-electron chi connectivity index (χ4n) is 9.66. The summed E-state index contributed by atoms with van der Waals surface area (Å²) in [5.74, 6) is 0.